The lowest BCUT2D eigenvalue weighted by molar-refractivity contribution is -0.117. The minimum absolute atomic E-state index is 0.0349. The van der Waals surface area contributed by atoms with E-state index in [0.717, 1.165) is 11.0 Å². The highest BCUT2D eigenvalue weighted by atomic mass is 16.5. The number of nitrogens with zero attached hydrogens (tertiary/aromatic N) is 3. The molecule has 0 unspecified atom stereocenters. The Morgan fingerprint density at radius 2 is 2.33 bits per heavy atom. The van der Waals surface area contributed by atoms with Crippen molar-refractivity contribution < 1.29 is 9.53 Å². The Morgan fingerprint density at radius 3 is 3.00 bits per heavy atom. The summed E-state index contributed by atoms with van der Waals surface area (Å²) in [7, 11) is 1.58. The SMILES string of the molecule is COc1cccc2nnn(CC(C)=O)c12. The van der Waals surface area contributed by atoms with Crippen LogP contribution in [-0.4, -0.2) is 27.9 Å². The van der Waals surface area contributed by atoms with Gasteiger partial charge in [0, 0.05) is 0 Å². The first kappa shape index (κ1) is 9.64. The Hall–Kier alpha value is -1.91. The molecule has 0 fully saturated rings. The van der Waals surface area contributed by atoms with E-state index < -0.39 is 0 Å². The van der Waals surface area contributed by atoms with Crippen molar-refractivity contribution in [1.29, 1.82) is 0 Å². The minimum Gasteiger partial charge on any atom is -0.494 e. The van der Waals surface area contributed by atoms with Gasteiger partial charge >= 0.3 is 0 Å². The van der Waals surface area contributed by atoms with Crippen molar-refractivity contribution in [3.05, 3.63) is 18.2 Å². The Morgan fingerprint density at radius 1 is 1.53 bits per heavy atom. The van der Waals surface area contributed by atoms with Crippen LogP contribution >= 0.6 is 0 Å². The van der Waals surface area contributed by atoms with Crippen LogP contribution in [0.5, 0.6) is 5.75 Å². The lowest BCUT2D eigenvalue weighted by Crippen LogP contribution is -2.08. The number of ether oxygens (including phenoxy) is 1. The van der Waals surface area contributed by atoms with Gasteiger partial charge < -0.3 is 4.74 Å². The summed E-state index contributed by atoms with van der Waals surface area (Å²) in [6.07, 6.45) is 0. The third-order valence-electron chi connectivity index (χ3n) is 2.09. The highest BCUT2D eigenvalue weighted by molar-refractivity contribution is 5.83. The summed E-state index contributed by atoms with van der Waals surface area (Å²) >= 11 is 0. The zero-order chi connectivity index (χ0) is 10.8. The molecule has 1 aromatic heterocycles. The second-order valence-electron chi connectivity index (χ2n) is 3.28. The molecule has 0 bridgehead atoms. The second kappa shape index (κ2) is 3.68. The summed E-state index contributed by atoms with van der Waals surface area (Å²) in [4.78, 5) is 11.0. The number of Topliss-reactive ketones (excluding diaryl/α,β-unsaturated/α-hetero) is 1. The van der Waals surface area contributed by atoms with Gasteiger partial charge in [-0.15, -0.1) is 5.10 Å². The molecule has 15 heavy (non-hydrogen) atoms. The van der Waals surface area contributed by atoms with E-state index in [1.54, 1.807) is 11.8 Å². The first-order valence-corrected chi connectivity index (χ1v) is 4.58. The number of hydrogen-bond donors (Lipinski definition) is 0. The van der Waals surface area contributed by atoms with Gasteiger partial charge in [-0.2, -0.15) is 0 Å². The molecule has 0 amide bonds. The maximum Gasteiger partial charge on any atom is 0.151 e. The quantitative estimate of drug-likeness (QED) is 0.750. The largest absolute Gasteiger partial charge is 0.494 e. The zero-order valence-electron chi connectivity index (χ0n) is 8.60. The Bertz CT molecular complexity index is 504. The van der Waals surface area contributed by atoms with Crippen LogP contribution in [0.4, 0.5) is 0 Å². The summed E-state index contributed by atoms with van der Waals surface area (Å²) in [6.45, 7) is 1.74. The number of hydrogen-bond acceptors (Lipinski definition) is 4. The second-order valence-corrected chi connectivity index (χ2v) is 3.28. The summed E-state index contributed by atoms with van der Waals surface area (Å²) < 4.78 is 6.75. The van der Waals surface area contributed by atoms with Gasteiger partial charge in [0.05, 0.1) is 7.11 Å². The van der Waals surface area contributed by atoms with Gasteiger partial charge in [-0.3, -0.25) is 4.79 Å². The van der Waals surface area contributed by atoms with Crippen molar-refractivity contribution in [3.8, 4) is 5.75 Å². The molecule has 0 N–H and O–H groups in total. The van der Waals surface area contributed by atoms with E-state index in [1.807, 2.05) is 18.2 Å². The first-order valence-electron chi connectivity index (χ1n) is 4.58. The number of aromatic nitrogens is 3. The van der Waals surface area contributed by atoms with Crippen LogP contribution in [0.2, 0.25) is 0 Å². The maximum absolute atomic E-state index is 11.0. The molecular weight excluding hydrogens is 194 g/mol. The molecule has 0 saturated heterocycles. The fourth-order valence-corrected chi connectivity index (χ4v) is 1.48. The summed E-state index contributed by atoms with van der Waals surface area (Å²) in [6, 6.07) is 5.50. The van der Waals surface area contributed by atoms with E-state index in [-0.39, 0.29) is 12.3 Å². The van der Waals surface area contributed by atoms with E-state index in [0.29, 0.717) is 5.75 Å². The van der Waals surface area contributed by atoms with Gasteiger partial charge in [-0.05, 0) is 19.1 Å². The van der Waals surface area contributed by atoms with E-state index in [4.69, 9.17) is 4.74 Å². The van der Waals surface area contributed by atoms with Gasteiger partial charge in [0.15, 0.2) is 5.78 Å². The monoisotopic (exact) mass is 205 g/mol. The van der Waals surface area contributed by atoms with E-state index in [1.165, 1.54) is 6.92 Å². The van der Waals surface area contributed by atoms with E-state index in [9.17, 15) is 4.79 Å². The van der Waals surface area contributed by atoms with Gasteiger partial charge in [0.1, 0.15) is 23.3 Å². The van der Waals surface area contributed by atoms with Crippen LogP contribution in [0.1, 0.15) is 6.92 Å². The number of methoxy groups -OCH3 is 1. The normalized spacial score (nSPS) is 10.5. The smallest absolute Gasteiger partial charge is 0.151 e. The average Bonchev–Trinajstić information content (AvgIpc) is 2.61. The molecule has 2 rings (SSSR count). The molecule has 1 heterocycles. The number of para-hydroxylation sites is 1. The van der Waals surface area contributed by atoms with E-state index in [2.05, 4.69) is 10.3 Å². The number of ketones is 1. The van der Waals surface area contributed by atoms with Crippen LogP contribution in [0.15, 0.2) is 18.2 Å². The molecule has 0 aliphatic carbocycles. The molecule has 0 radical (unpaired) electrons. The molecule has 0 aliphatic heterocycles. The average molecular weight is 205 g/mol. The molecular formula is C10H11N3O2. The minimum atomic E-state index is 0.0349. The van der Waals surface area contributed by atoms with Crippen molar-refractivity contribution in [2.75, 3.05) is 7.11 Å². The highest BCUT2D eigenvalue weighted by Gasteiger charge is 2.10. The first-order chi connectivity index (χ1) is 7.22. The van der Waals surface area contributed by atoms with Crippen LogP contribution in [0.3, 0.4) is 0 Å². The van der Waals surface area contributed by atoms with Gasteiger partial charge in [0.25, 0.3) is 0 Å². The Labute approximate surface area is 86.6 Å². The topological polar surface area (TPSA) is 57.0 Å². The number of carbonyl (C=O) groups excluding carboxylic acids is 1. The summed E-state index contributed by atoms with van der Waals surface area (Å²) in [5.41, 5.74) is 1.49. The van der Waals surface area contributed by atoms with Crippen LogP contribution < -0.4 is 4.74 Å². The zero-order valence-corrected chi connectivity index (χ0v) is 8.60. The lowest BCUT2D eigenvalue weighted by Gasteiger charge is -2.03. The third kappa shape index (κ3) is 1.68. The molecule has 0 saturated carbocycles. The lowest BCUT2D eigenvalue weighted by atomic mass is 10.3. The molecule has 5 nitrogen and oxygen atoms in total. The molecule has 78 valence electrons. The number of rotatable bonds is 3. The van der Waals surface area contributed by atoms with Crippen LogP contribution in [-0.2, 0) is 11.3 Å². The molecule has 5 heteroatoms. The number of fused-ring (bicyclic) bond motifs is 1. The van der Waals surface area contributed by atoms with Crippen LogP contribution in [0, 0.1) is 0 Å². The molecule has 2 aromatic rings. The van der Waals surface area contributed by atoms with E-state index >= 15 is 0 Å². The predicted molar refractivity (Wildman–Crippen MR) is 54.8 cm³/mol. The molecule has 0 spiro atoms. The van der Waals surface area contributed by atoms with Gasteiger partial charge in [-0.1, -0.05) is 11.3 Å². The number of carbonyl (C=O) groups is 1. The third-order valence-corrected chi connectivity index (χ3v) is 2.09. The predicted octanol–water partition coefficient (Wildman–Crippen LogP) is 1.03. The van der Waals surface area contributed by atoms with Gasteiger partial charge in [0.2, 0.25) is 0 Å². The van der Waals surface area contributed by atoms with Gasteiger partial charge in [-0.25, -0.2) is 4.68 Å². The standard InChI is InChI=1S/C10H11N3O2/c1-7(14)6-13-10-8(11-12-13)4-3-5-9(10)15-2/h3-5H,6H2,1-2H3. The Balaban J connectivity index is 2.60. The molecule has 1 aromatic carbocycles. The maximum atomic E-state index is 11.0. The van der Waals surface area contributed by atoms with Crippen molar-refractivity contribution in [2.45, 2.75) is 13.5 Å². The fourth-order valence-electron chi connectivity index (χ4n) is 1.48. The molecule has 0 atom stereocenters. The summed E-state index contributed by atoms with van der Waals surface area (Å²) in [5, 5.41) is 7.87. The summed E-state index contributed by atoms with van der Waals surface area (Å²) in [5.74, 6) is 0.714. The van der Waals surface area contributed by atoms with Crippen molar-refractivity contribution in [1.82, 2.24) is 15.0 Å². The molecule has 0 aliphatic rings. The highest BCUT2D eigenvalue weighted by Crippen LogP contribution is 2.23. The van der Waals surface area contributed by atoms with Crippen LogP contribution in [0.25, 0.3) is 11.0 Å². The number of benzene rings is 1. The van der Waals surface area contributed by atoms with Crippen molar-refractivity contribution in [2.24, 2.45) is 0 Å². The van der Waals surface area contributed by atoms with Crippen molar-refractivity contribution in [3.63, 3.8) is 0 Å². The Kier molecular flexibility index (Phi) is 2.37. The van der Waals surface area contributed by atoms with Crippen molar-refractivity contribution >= 4 is 16.8 Å². The fraction of sp³-hybridized carbons (Fsp3) is 0.300.